The zero-order valence-corrected chi connectivity index (χ0v) is 18.6. The fourth-order valence-corrected chi connectivity index (χ4v) is 3.88. The lowest BCUT2D eigenvalue weighted by Crippen LogP contribution is -2.38. The van der Waals surface area contributed by atoms with Gasteiger partial charge in [-0.2, -0.15) is 0 Å². The molecule has 33 heavy (non-hydrogen) atoms. The molecular formula is C24H28N4O5. The van der Waals surface area contributed by atoms with Gasteiger partial charge in [-0.05, 0) is 48.9 Å². The fourth-order valence-electron chi connectivity index (χ4n) is 3.88. The SMILES string of the molecule is COc1ccc(Cn2c(=O)[nH]c3cc(C(=O)NCCCN4CCOCC4)ccc3c2=O)cc1. The molecule has 3 aromatic rings. The van der Waals surface area contributed by atoms with E-state index in [1.54, 1.807) is 49.6 Å². The predicted molar refractivity (Wildman–Crippen MR) is 125 cm³/mol. The van der Waals surface area contributed by atoms with Gasteiger partial charge in [-0.1, -0.05) is 12.1 Å². The summed E-state index contributed by atoms with van der Waals surface area (Å²) in [5.41, 5.74) is 0.623. The van der Waals surface area contributed by atoms with Crippen molar-refractivity contribution < 1.29 is 14.3 Å². The Labute approximate surface area is 190 Å². The number of ether oxygens (including phenoxy) is 2. The number of aromatic amines is 1. The molecule has 9 nitrogen and oxygen atoms in total. The largest absolute Gasteiger partial charge is 0.497 e. The molecule has 0 radical (unpaired) electrons. The molecule has 1 aliphatic heterocycles. The van der Waals surface area contributed by atoms with Gasteiger partial charge in [0.1, 0.15) is 5.75 Å². The molecule has 9 heteroatoms. The van der Waals surface area contributed by atoms with E-state index in [4.69, 9.17) is 9.47 Å². The van der Waals surface area contributed by atoms with Crippen molar-refractivity contribution >= 4 is 16.8 Å². The van der Waals surface area contributed by atoms with E-state index in [0.717, 1.165) is 49.4 Å². The Morgan fingerprint density at radius 1 is 1.12 bits per heavy atom. The number of carbonyl (C=O) groups is 1. The third-order valence-corrected chi connectivity index (χ3v) is 5.78. The molecule has 4 rings (SSSR count). The van der Waals surface area contributed by atoms with E-state index in [-0.39, 0.29) is 12.5 Å². The fraction of sp³-hybridized carbons (Fsp3) is 0.375. The van der Waals surface area contributed by atoms with Crippen molar-refractivity contribution in [3.8, 4) is 5.75 Å². The van der Waals surface area contributed by atoms with Gasteiger partial charge in [-0.25, -0.2) is 4.79 Å². The Morgan fingerprint density at radius 2 is 1.88 bits per heavy atom. The van der Waals surface area contributed by atoms with Gasteiger partial charge in [-0.3, -0.25) is 19.1 Å². The van der Waals surface area contributed by atoms with Gasteiger partial charge < -0.3 is 19.8 Å². The summed E-state index contributed by atoms with van der Waals surface area (Å²) in [6.07, 6.45) is 0.840. The first-order valence-corrected chi connectivity index (χ1v) is 11.0. The number of amides is 1. The van der Waals surface area contributed by atoms with Crippen LogP contribution < -0.4 is 21.3 Å². The number of nitrogens with zero attached hydrogens (tertiary/aromatic N) is 2. The summed E-state index contributed by atoms with van der Waals surface area (Å²) in [5.74, 6) is 0.465. The van der Waals surface area contributed by atoms with Crippen LogP contribution in [0.3, 0.4) is 0 Å². The van der Waals surface area contributed by atoms with E-state index in [1.165, 1.54) is 0 Å². The van der Waals surface area contributed by atoms with Crippen molar-refractivity contribution in [3.63, 3.8) is 0 Å². The van der Waals surface area contributed by atoms with Gasteiger partial charge in [0.05, 0.1) is 37.8 Å². The molecule has 174 valence electrons. The Kier molecular flexibility index (Phi) is 7.21. The van der Waals surface area contributed by atoms with Crippen molar-refractivity contribution in [2.45, 2.75) is 13.0 Å². The number of methoxy groups -OCH3 is 1. The maximum atomic E-state index is 12.9. The molecule has 0 unspecified atom stereocenters. The van der Waals surface area contributed by atoms with E-state index in [9.17, 15) is 14.4 Å². The molecule has 1 aliphatic rings. The van der Waals surface area contributed by atoms with Crippen LogP contribution in [-0.2, 0) is 11.3 Å². The van der Waals surface area contributed by atoms with Gasteiger partial charge in [-0.15, -0.1) is 0 Å². The number of morpholine rings is 1. The van der Waals surface area contributed by atoms with Crippen molar-refractivity contribution in [1.82, 2.24) is 19.8 Å². The van der Waals surface area contributed by atoms with Gasteiger partial charge >= 0.3 is 5.69 Å². The van der Waals surface area contributed by atoms with Crippen molar-refractivity contribution in [2.75, 3.05) is 46.5 Å². The minimum atomic E-state index is -0.522. The molecule has 0 bridgehead atoms. The molecule has 1 amide bonds. The first kappa shape index (κ1) is 22.8. The second kappa shape index (κ2) is 10.5. The van der Waals surface area contributed by atoms with Gasteiger partial charge in [0.25, 0.3) is 11.5 Å². The van der Waals surface area contributed by atoms with Crippen molar-refractivity contribution in [3.05, 3.63) is 74.4 Å². The normalized spacial score (nSPS) is 14.3. The standard InChI is InChI=1S/C24H28N4O5/c1-32-19-6-3-17(4-7-19)16-28-23(30)20-8-5-18(15-21(20)26-24(28)31)22(29)25-9-2-10-27-11-13-33-14-12-27/h3-8,15H,2,9-14,16H2,1H3,(H,25,29)(H,26,31). The second-order valence-corrected chi connectivity index (χ2v) is 7.99. The summed E-state index contributed by atoms with van der Waals surface area (Å²) in [4.78, 5) is 43.1. The van der Waals surface area contributed by atoms with Crippen LogP contribution in [0.2, 0.25) is 0 Å². The number of rotatable bonds is 8. The molecular weight excluding hydrogens is 424 g/mol. The Morgan fingerprint density at radius 3 is 2.61 bits per heavy atom. The van der Waals surface area contributed by atoms with E-state index in [2.05, 4.69) is 15.2 Å². The van der Waals surface area contributed by atoms with Crippen molar-refractivity contribution in [1.29, 1.82) is 0 Å². The Bertz CT molecular complexity index is 1230. The highest BCUT2D eigenvalue weighted by molar-refractivity contribution is 5.97. The lowest BCUT2D eigenvalue weighted by Gasteiger charge is -2.26. The van der Waals surface area contributed by atoms with E-state index in [1.807, 2.05) is 0 Å². The molecule has 0 atom stereocenters. The first-order chi connectivity index (χ1) is 16.0. The third-order valence-electron chi connectivity index (χ3n) is 5.78. The third kappa shape index (κ3) is 5.50. The monoisotopic (exact) mass is 452 g/mol. The maximum absolute atomic E-state index is 12.9. The summed E-state index contributed by atoms with van der Waals surface area (Å²) < 4.78 is 11.6. The average molecular weight is 453 g/mol. The molecule has 2 heterocycles. The highest BCUT2D eigenvalue weighted by Crippen LogP contribution is 2.13. The number of aromatic nitrogens is 2. The average Bonchev–Trinajstić information content (AvgIpc) is 2.85. The molecule has 2 aromatic carbocycles. The number of benzene rings is 2. The number of hydrogen-bond acceptors (Lipinski definition) is 6. The van der Waals surface area contributed by atoms with Gasteiger partial charge in [0.15, 0.2) is 0 Å². The number of carbonyl (C=O) groups excluding carboxylic acids is 1. The van der Waals surface area contributed by atoms with E-state index >= 15 is 0 Å². The van der Waals surface area contributed by atoms with Crippen molar-refractivity contribution in [2.24, 2.45) is 0 Å². The predicted octanol–water partition coefficient (Wildman–Crippen LogP) is 1.20. The highest BCUT2D eigenvalue weighted by atomic mass is 16.5. The zero-order valence-electron chi connectivity index (χ0n) is 18.6. The smallest absolute Gasteiger partial charge is 0.329 e. The second-order valence-electron chi connectivity index (χ2n) is 7.99. The lowest BCUT2D eigenvalue weighted by molar-refractivity contribution is 0.0374. The topological polar surface area (TPSA) is 106 Å². The highest BCUT2D eigenvalue weighted by Gasteiger charge is 2.13. The summed E-state index contributed by atoms with van der Waals surface area (Å²) in [5, 5.41) is 3.26. The summed E-state index contributed by atoms with van der Waals surface area (Å²) in [6, 6.07) is 11.9. The van der Waals surface area contributed by atoms with Crippen LogP contribution in [0.4, 0.5) is 0 Å². The van der Waals surface area contributed by atoms with Gasteiger partial charge in [0, 0.05) is 25.2 Å². The lowest BCUT2D eigenvalue weighted by atomic mass is 10.1. The van der Waals surface area contributed by atoms with Crippen LogP contribution in [0.15, 0.2) is 52.1 Å². The summed E-state index contributed by atoms with van der Waals surface area (Å²) >= 11 is 0. The minimum absolute atomic E-state index is 0.138. The number of nitrogens with one attached hydrogen (secondary N) is 2. The Hall–Kier alpha value is -3.43. The molecule has 2 N–H and O–H groups in total. The summed E-state index contributed by atoms with van der Waals surface area (Å²) in [6.45, 7) is 4.94. The van der Waals surface area contributed by atoms with E-state index < -0.39 is 11.2 Å². The quantitative estimate of drug-likeness (QED) is 0.498. The molecule has 0 aliphatic carbocycles. The number of H-pyrrole nitrogens is 1. The first-order valence-electron chi connectivity index (χ1n) is 11.0. The molecule has 0 saturated carbocycles. The minimum Gasteiger partial charge on any atom is -0.497 e. The van der Waals surface area contributed by atoms with Crippen LogP contribution >= 0.6 is 0 Å². The van der Waals surface area contributed by atoms with Crippen LogP contribution in [0.1, 0.15) is 22.3 Å². The number of hydrogen-bond donors (Lipinski definition) is 2. The van der Waals surface area contributed by atoms with Crippen LogP contribution in [0.25, 0.3) is 10.9 Å². The van der Waals surface area contributed by atoms with Crippen LogP contribution in [0, 0.1) is 0 Å². The van der Waals surface area contributed by atoms with Crippen LogP contribution in [-0.4, -0.2) is 66.9 Å². The summed E-state index contributed by atoms with van der Waals surface area (Å²) in [7, 11) is 1.58. The molecule has 0 spiro atoms. The molecule has 1 fully saturated rings. The van der Waals surface area contributed by atoms with Crippen LogP contribution in [0.5, 0.6) is 5.75 Å². The number of fused-ring (bicyclic) bond motifs is 1. The van der Waals surface area contributed by atoms with Gasteiger partial charge in [0.2, 0.25) is 0 Å². The molecule has 1 aromatic heterocycles. The molecule has 1 saturated heterocycles. The maximum Gasteiger partial charge on any atom is 0.329 e. The Balaban J connectivity index is 1.43. The van der Waals surface area contributed by atoms with E-state index in [0.29, 0.717) is 28.8 Å². The zero-order chi connectivity index (χ0) is 23.2.